The van der Waals surface area contributed by atoms with Gasteiger partial charge in [0.25, 0.3) is 0 Å². The molecule has 1 aromatic rings. The van der Waals surface area contributed by atoms with Crippen molar-refractivity contribution in [3.8, 4) is 0 Å². The molecule has 0 fully saturated rings. The predicted octanol–water partition coefficient (Wildman–Crippen LogP) is 2.65. The molecule has 22 heavy (non-hydrogen) atoms. The maximum atomic E-state index is 11.6. The summed E-state index contributed by atoms with van der Waals surface area (Å²) in [4.78, 5) is 24.0. The standard InChI is InChI=1S/C17H22N4O/c1-5-9-20(10-6-2)16-15(13-22)17(19-14-18-16)21(11-7-3)12-8-4/h5-8,13-14H,1-4,9-12H2. The van der Waals surface area contributed by atoms with Crippen LogP contribution in [0.2, 0.25) is 0 Å². The summed E-state index contributed by atoms with van der Waals surface area (Å²) >= 11 is 0. The fourth-order valence-electron chi connectivity index (χ4n) is 2.11. The summed E-state index contributed by atoms with van der Waals surface area (Å²) in [6.07, 6.45) is 9.26. The highest BCUT2D eigenvalue weighted by atomic mass is 16.1. The van der Waals surface area contributed by atoms with Crippen molar-refractivity contribution in [2.24, 2.45) is 0 Å². The van der Waals surface area contributed by atoms with Gasteiger partial charge in [0.2, 0.25) is 0 Å². The minimum atomic E-state index is 0.440. The van der Waals surface area contributed by atoms with Crippen LogP contribution in [-0.4, -0.2) is 42.4 Å². The Bertz CT molecular complexity index is 491. The number of carbonyl (C=O) groups excluding carboxylic acids is 1. The molecule has 116 valence electrons. The van der Waals surface area contributed by atoms with Gasteiger partial charge in [0, 0.05) is 26.2 Å². The van der Waals surface area contributed by atoms with Crippen molar-refractivity contribution in [3.05, 3.63) is 62.5 Å². The molecule has 1 rings (SSSR count). The molecule has 1 aromatic heterocycles. The van der Waals surface area contributed by atoms with Gasteiger partial charge in [-0.3, -0.25) is 4.79 Å². The van der Waals surface area contributed by atoms with Gasteiger partial charge in [-0.2, -0.15) is 0 Å². The van der Waals surface area contributed by atoms with Crippen LogP contribution in [0.4, 0.5) is 11.6 Å². The molecule has 0 aliphatic carbocycles. The number of hydrogen-bond acceptors (Lipinski definition) is 5. The molecule has 1 heterocycles. The Balaban J connectivity index is 3.35. The van der Waals surface area contributed by atoms with E-state index in [1.165, 1.54) is 6.33 Å². The molecule has 5 heteroatoms. The van der Waals surface area contributed by atoms with Gasteiger partial charge >= 0.3 is 0 Å². The van der Waals surface area contributed by atoms with Gasteiger partial charge < -0.3 is 9.80 Å². The molecule has 0 spiro atoms. The maximum absolute atomic E-state index is 11.6. The molecule has 0 aliphatic heterocycles. The number of hydrogen-bond donors (Lipinski definition) is 0. The first kappa shape index (κ1) is 17.4. The summed E-state index contributed by atoms with van der Waals surface area (Å²) < 4.78 is 0. The normalized spacial score (nSPS) is 9.64. The highest BCUT2D eigenvalue weighted by Crippen LogP contribution is 2.24. The second-order valence-corrected chi connectivity index (χ2v) is 4.52. The molecule has 0 amide bonds. The molecule has 0 bridgehead atoms. The van der Waals surface area contributed by atoms with Crippen LogP contribution in [0.1, 0.15) is 10.4 Å². The minimum Gasteiger partial charge on any atom is -0.348 e. The van der Waals surface area contributed by atoms with Crippen LogP contribution >= 0.6 is 0 Å². The van der Waals surface area contributed by atoms with E-state index in [0.29, 0.717) is 43.4 Å². The van der Waals surface area contributed by atoms with E-state index in [1.807, 2.05) is 9.80 Å². The van der Waals surface area contributed by atoms with Gasteiger partial charge in [-0.05, 0) is 0 Å². The van der Waals surface area contributed by atoms with Crippen LogP contribution in [-0.2, 0) is 0 Å². The monoisotopic (exact) mass is 298 g/mol. The lowest BCUT2D eigenvalue weighted by Gasteiger charge is -2.26. The lowest BCUT2D eigenvalue weighted by atomic mass is 10.2. The topological polar surface area (TPSA) is 49.3 Å². The number of aromatic nitrogens is 2. The van der Waals surface area contributed by atoms with Gasteiger partial charge in [-0.1, -0.05) is 24.3 Å². The van der Waals surface area contributed by atoms with Crippen molar-refractivity contribution in [1.29, 1.82) is 0 Å². The Morgan fingerprint density at radius 2 is 1.18 bits per heavy atom. The van der Waals surface area contributed by atoms with Crippen LogP contribution in [0.25, 0.3) is 0 Å². The fourth-order valence-corrected chi connectivity index (χ4v) is 2.11. The molecule has 0 unspecified atom stereocenters. The highest BCUT2D eigenvalue weighted by Gasteiger charge is 2.18. The number of anilines is 2. The molecule has 0 atom stereocenters. The summed E-state index contributed by atoms with van der Waals surface area (Å²) in [5, 5.41) is 0. The van der Waals surface area contributed by atoms with Crippen LogP contribution in [0, 0.1) is 0 Å². The van der Waals surface area contributed by atoms with Gasteiger partial charge in [0.15, 0.2) is 6.29 Å². The SMILES string of the molecule is C=CCN(CC=C)c1ncnc(N(CC=C)CC=C)c1C=O. The maximum Gasteiger partial charge on any atom is 0.157 e. The minimum absolute atomic E-state index is 0.440. The number of nitrogens with zero attached hydrogens (tertiary/aromatic N) is 4. The zero-order valence-corrected chi connectivity index (χ0v) is 12.8. The zero-order chi connectivity index (χ0) is 16.4. The Hall–Kier alpha value is -2.69. The van der Waals surface area contributed by atoms with Gasteiger partial charge in [0.05, 0.1) is 5.56 Å². The molecule has 0 N–H and O–H groups in total. The third-order valence-corrected chi connectivity index (χ3v) is 2.96. The van der Waals surface area contributed by atoms with E-state index in [1.54, 1.807) is 24.3 Å². The molecule has 0 saturated carbocycles. The third kappa shape index (κ3) is 4.15. The van der Waals surface area contributed by atoms with E-state index < -0.39 is 0 Å². The van der Waals surface area contributed by atoms with Crippen LogP contribution in [0.15, 0.2) is 56.9 Å². The van der Waals surface area contributed by atoms with Crippen molar-refractivity contribution >= 4 is 17.9 Å². The smallest absolute Gasteiger partial charge is 0.157 e. The first-order chi connectivity index (χ1) is 10.7. The van der Waals surface area contributed by atoms with Gasteiger partial charge in [-0.15, -0.1) is 26.3 Å². The zero-order valence-electron chi connectivity index (χ0n) is 12.8. The Morgan fingerprint density at radius 3 is 1.45 bits per heavy atom. The molecular formula is C17H22N4O. The van der Waals surface area contributed by atoms with Crippen LogP contribution in [0.5, 0.6) is 0 Å². The third-order valence-electron chi connectivity index (χ3n) is 2.96. The summed E-state index contributed by atoms with van der Waals surface area (Å²) in [5.41, 5.74) is 0.440. The van der Waals surface area contributed by atoms with Crippen LogP contribution < -0.4 is 9.80 Å². The Labute approximate surface area is 132 Å². The van der Waals surface area contributed by atoms with Gasteiger partial charge in [-0.25, -0.2) is 9.97 Å². The number of aldehydes is 1. The highest BCUT2D eigenvalue weighted by molar-refractivity contribution is 5.90. The predicted molar refractivity (Wildman–Crippen MR) is 92.6 cm³/mol. The van der Waals surface area contributed by atoms with Crippen molar-refractivity contribution in [1.82, 2.24) is 9.97 Å². The van der Waals surface area contributed by atoms with Crippen molar-refractivity contribution in [2.45, 2.75) is 0 Å². The van der Waals surface area contributed by atoms with Crippen LogP contribution in [0.3, 0.4) is 0 Å². The summed E-state index contributed by atoms with van der Waals surface area (Å²) in [6.45, 7) is 17.2. The molecule has 5 nitrogen and oxygen atoms in total. The lowest BCUT2D eigenvalue weighted by Crippen LogP contribution is -2.29. The first-order valence-corrected chi connectivity index (χ1v) is 6.97. The quantitative estimate of drug-likeness (QED) is 0.464. The lowest BCUT2D eigenvalue weighted by molar-refractivity contribution is 0.112. The average molecular weight is 298 g/mol. The van der Waals surface area contributed by atoms with E-state index in [9.17, 15) is 4.79 Å². The molecule has 0 aromatic carbocycles. The van der Waals surface area contributed by atoms with Crippen molar-refractivity contribution < 1.29 is 4.79 Å². The Kier molecular flexibility index (Phi) is 7.33. The second-order valence-electron chi connectivity index (χ2n) is 4.52. The Morgan fingerprint density at radius 1 is 0.818 bits per heavy atom. The van der Waals surface area contributed by atoms with E-state index in [0.717, 1.165) is 6.29 Å². The molecule has 0 saturated heterocycles. The molecular weight excluding hydrogens is 276 g/mol. The fraction of sp³-hybridized carbons (Fsp3) is 0.235. The van der Waals surface area contributed by atoms with E-state index in [2.05, 4.69) is 36.3 Å². The summed E-state index contributed by atoms with van der Waals surface area (Å²) in [7, 11) is 0. The summed E-state index contributed by atoms with van der Waals surface area (Å²) in [5.74, 6) is 1.14. The number of carbonyl (C=O) groups is 1. The summed E-state index contributed by atoms with van der Waals surface area (Å²) in [6, 6.07) is 0. The second kappa shape index (κ2) is 9.28. The first-order valence-electron chi connectivity index (χ1n) is 6.97. The average Bonchev–Trinajstić information content (AvgIpc) is 2.53. The van der Waals surface area contributed by atoms with E-state index in [-0.39, 0.29) is 0 Å². The number of rotatable bonds is 11. The van der Waals surface area contributed by atoms with E-state index in [4.69, 9.17) is 0 Å². The largest absolute Gasteiger partial charge is 0.348 e. The van der Waals surface area contributed by atoms with E-state index >= 15 is 0 Å². The molecule has 0 radical (unpaired) electrons. The molecule has 0 aliphatic rings. The van der Waals surface area contributed by atoms with Crippen molar-refractivity contribution in [3.63, 3.8) is 0 Å². The van der Waals surface area contributed by atoms with Gasteiger partial charge in [0.1, 0.15) is 18.0 Å². The van der Waals surface area contributed by atoms with Crippen molar-refractivity contribution in [2.75, 3.05) is 36.0 Å².